The molecule has 33 heavy (non-hydrogen) atoms. The van der Waals surface area contributed by atoms with E-state index >= 15 is 0 Å². The fraction of sp³-hybridized carbons (Fsp3) is 0.185. The highest BCUT2D eigenvalue weighted by Gasteiger charge is 2.70. The van der Waals surface area contributed by atoms with Gasteiger partial charge in [-0.15, -0.1) is 0 Å². The van der Waals surface area contributed by atoms with E-state index in [2.05, 4.69) is 12.1 Å². The summed E-state index contributed by atoms with van der Waals surface area (Å²) >= 11 is 0. The SMILES string of the molecule is CN1C[C@H](c2cccc(F)c2)C(C#N)(C#N)[C@]12c1ccccc1-c1nc3ccccc3nc12. The number of nitriles is 2. The van der Waals surface area contributed by atoms with Crippen LogP contribution in [0.2, 0.25) is 0 Å². The van der Waals surface area contributed by atoms with E-state index in [0.717, 1.165) is 16.6 Å². The van der Waals surface area contributed by atoms with Gasteiger partial charge in [-0.25, -0.2) is 14.4 Å². The lowest BCUT2D eigenvalue weighted by Crippen LogP contribution is -2.49. The van der Waals surface area contributed by atoms with Crippen molar-refractivity contribution in [2.45, 2.75) is 11.5 Å². The summed E-state index contributed by atoms with van der Waals surface area (Å²) in [6.07, 6.45) is 0. The average molecular weight is 431 g/mol. The minimum atomic E-state index is -1.55. The van der Waals surface area contributed by atoms with Crippen molar-refractivity contribution in [2.75, 3.05) is 13.6 Å². The number of likely N-dealkylation sites (tertiary alicyclic amines) is 1. The largest absolute Gasteiger partial charge is 0.289 e. The van der Waals surface area contributed by atoms with E-state index in [0.29, 0.717) is 29.0 Å². The van der Waals surface area contributed by atoms with E-state index in [9.17, 15) is 14.9 Å². The van der Waals surface area contributed by atoms with Gasteiger partial charge < -0.3 is 0 Å². The highest BCUT2D eigenvalue weighted by molar-refractivity contribution is 5.85. The Labute approximate surface area is 190 Å². The van der Waals surface area contributed by atoms with Gasteiger partial charge >= 0.3 is 0 Å². The van der Waals surface area contributed by atoms with Crippen LogP contribution in [0.1, 0.15) is 22.7 Å². The molecule has 1 fully saturated rings. The Morgan fingerprint density at radius 3 is 2.36 bits per heavy atom. The Morgan fingerprint density at radius 1 is 0.939 bits per heavy atom. The maximum Gasteiger partial charge on any atom is 0.179 e. The fourth-order valence-electron chi connectivity index (χ4n) is 5.88. The van der Waals surface area contributed by atoms with E-state index in [1.807, 2.05) is 60.5 Å². The van der Waals surface area contributed by atoms with Crippen molar-refractivity contribution in [3.63, 3.8) is 0 Å². The highest BCUT2D eigenvalue weighted by Crippen LogP contribution is 2.65. The molecule has 2 aliphatic rings. The number of para-hydroxylation sites is 2. The molecule has 4 aromatic rings. The Morgan fingerprint density at radius 2 is 1.64 bits per heavy atom. The number of benzene rings is 3. The predicted octanol–water partition coefficient (Wildman–Crippen LogP) is 4.76. The lowest BCUT2D eigenvalue weighted by Gasteiger charge is -2.40. The van der Waals surface area contributed by atoms with Crippen LogP contribution in [0.5, 0.6) is 0 Å². The summed E-state index contributed by atoms with van der Waals surface area (Å²) in [5, 5.41) is 21.4. The molecule has 2 atom stereocenters. The molecule has 0 unspecified atom stereocenters. The Kier molecular flexibility index (Phi) is 3.96. The van der Waals surface area contributed by atoms with Crippen molar-refractivity contribution in [3.05, 3.63) is 95.4 Å². The number of likely N-dealkylation sites (N-methyl/N-ethyl adjacent to an activating group) is 1. The van der Waals surface area contributed by atoms with Crippen LogP contribution in [-0.4, -0.2) is 28.5 Å². The fourth-order valence-corrected chi connectivity index (χ4v) is 5.88. The third-order valence-corrected chi connectivity index (χ3v) is 7.21. The van der Waals surface area contributed by atoms with Crippen LogP contribution in [0.4, 0.5) is 4.39 Å². The van der Waals surface area contributed by atoms with E-state index < -0.39 is 16.9 Å². The van der Waals surface area contributed by atoms with Gasteiger partial charge in [-0.3, -0.25) is 4.90 Å². The summed E-state index contributed by atoms with van der Waals surface area (Å²) in [4.78, 5) is 12.0. The van der Waals surface area contributed by atoms with Gasteiger partial charge in [0.05, 0.1) is 34.6 Å². The van der Waals surface area contributed by atoms with Crippen LogP contribution in [-0.2, 0) is 5.54 Å². The highest BCUT2D eigenvalue weighted by atomic mass is 19.1. The Balaban J connectivity index is 1.74. The zero-order valence-electron chi connectivity index (χ0n) is 17.8. The zero-order valence-corrected chi connectivity index (χ0v) is 17.8. The number of halogens is 1. The van der Waals surface area contributed by atoms with Gasteiger partial charge in [0, 0.05) is 18.0 Å². The molecular formula is C27H18FN5. The molecule has 1 saturated heterocycles. The van der Waals surface area contributed by atoms with Crippen molar-refractivity contribution in [1.29, 1.82) is 10.5 Å². The van der Waals surface area contributed by atoms with Gasteiger partial charge in [-0.05, 0) is 42.4 Å². The molecule has 6 rings (SSSR count). The minimum Gasteiger partial charge on any atom is -0.289 e. The monoisotopic (exact) mass is 431 g/mol. The maximum atomic E-state index is 14.2. The molecule has 1 aromatic heterocycles. The van der Waals surface area contributed by atoms with Crippen LogP contribution in [0.3, 0.4) is 0 Å². The first-order chi connectivity index (χ1) is 16.1. The molecule has 5 nitrogen and oxygen atoms in total. The molecule has 0 bridgehead atoms. The van der Waals surface area contributed by atoms with Gasteiger partial charge in [-0.1, -0.05) is 48.5 Å². The lowest BCUT2D eigenvalue weighted by molar-refractivity contribution is 0.165. The summed E-state index contributed by atoms with van der Waals surface area (Å²) in [6, 6.07) is 26.4. The molecule has 1 aliphatic carbocycles. The molecule has 6 heteroatoms. The molecule has 1 aliphatic heterocycles. The van der Waals surface area contributed by atoms with E-state index in [4.69, 9.17) is 9.97 Å². The van der Waals surface area contributed by atoms with E-state index in [1.165, 1.54) is 12.1 Å². The number of hydrogen-bond acceptors (Lipinski definition) is 5. The predicted molar refractivity (Wildman–Crippen MR) is 121 cm³/mol. The molecule has 0 N–H and O–H groups in total. The van der Waals surface area contributed by atoms with Crippen molar-refractivity contribution in [2.24, 2.45) is 5.41 Å². The Hall–Kier alpha value is -4.13. The van der Waals surface area contributed by atoms with Gasteiger partial charge in [0.25, 0.3) is 0 Å². The quantitative estimate of drug-likeness (QED) is 0.434. The number of nitrogens with zero attached hydrogens (tertiary/aromatic N) is 5. The number of hydrogen-bond donors (Lipinski definition) is 0. The maximum absolute atomic E-state index is 14.2. The van der Waals surface area contributed by atoms with Crippen LogP contribution in [0.25, 0.3) is 22.3 Å². The standard InChI is InChI=1S/C27H18FN5/c1-33-14-21(17-7-6-8-18(28)13-17)26(15-29,16-30)27(33)20-10-3-2-9-19(20)24-25(27)32-23-12-5-4-11-22(23)31-24/h2-13,21H,14H2,1H3/t21-,27-/m1/s1. The topological polar surface area (TPSA) is 76.6 Å². The summed E-state index contributed by atoms with van der Waals surface area (Å²) in [6.45, 7) is 0.396. The normalized spacial score (nSPS) is 22.6. The third-order valence-electron chi connectivity index (χ3n) is 7.21. The van der Waals surface area contributed by atoms with Crippen molar-refractivity contribution >= 4 is 11.0 Å². The molecule has 2 heterocycles. The first-order valence-corrected chi connectivity index (χ1v) is 10.7. The summed E-state index contributed by atoms with van der Waals surface area (Å²) in [5.74, 6) is -0.931. The molecule has 0 saturated carbocycles. The average Bonchev–Trinajstić information content (AvgIpc) is 3.28. The van der Waals surface area contributed by atoms with E-state index in [1.54, 1.807) is 12.1 Å². The lowest BCUT2D eigenvalue weighted by atomic mass is 9.62. The molecule has 158 valence electrons. The van der Waals surface area contributed by atoms with Crippen molar-refractivity contribution < 1.29 is 4.39 Å². The molecule has 0 amide bonds. The first-order valence-electron chi connectivity index (χ1n) is 10.7. The Bertz CT molecular complexity index is 1520. The van der Waals surface area contributed by atoms with Gasteiger partial charge in [-0.2, -0.15) is 10.5 Å². The minimum absolute atomic E-state index is 0.390. The van der Waals surface area contributed by atoms with Crippen LogP contribution in [0.15, 0.2) is 72.8 Å². The zero-order chi connectivity index (χ0) is 22.8. The summed E-state index contributed by atoms with van der Waals surface area (Å²) < 4.78 is 14.2. The number of rotatable bonds is 1. The number of fused-ring (bicyclic) bond motifs is 6. The number of aromatic nitrogens is 2. The second kappa shape index (κ2) is 6.68. The molecule has 3 aromatic carbocycles. The summed E-state index contributed by atoms with van der Waals surface area (Å²) in [5.41, 5.74) is 2.39. The van der Waals surface area contributed by atoms with Crippen LogP contribution >= 0.6 is 0 Å². The van der Waals surface area contributed by atoms with Gasteiger partial charge in [0.15, 0.2) is 5.41 Å². The van der Waals surface area contributed by atoms with Crippen LogP contribution < -0.4 is 0 Å². The second-order valence-electron chi connectivity index (χ2n) is 8.69. The molecule has 0 radical (unpaired) electrons. The van der Waals surface area contributed by atoms with Crippen molar-refractivity contribution in [3.8, 4) is 23.4 Å². The van der Waals surface area contributed by atoms with Gasteiger partial charge in [0.1, 0.15) is 11.4 Å². The first kappa shape index (κ1) is 19.5. The molecule has 1 spiro atoms. The smallest absolute Gasteiger partial charge is 0.179 e. The van der Waals surface area contributed by atoms with Gasteiger partial charge in [0.2, 0.25) is 0 Å². The van der Waals surface area contributed by atoms with Crippen LogP contribution in [0, 0.1) is 33.9 Å². The van der Waals surface area contributed by atoms with E-state index in [-0.39, 0.29) is 5.82 Å². The summed E-state index contributed by atoms with van der Waals surface area (Å²) in [7, 11) is 1.91. The molecular weight excluding hydrogens is 413 g/mol. The second-order valence-corrected chi connectivity index (χ2v) is 8.69. The third kappa shape index (κ3) is 2.26. The van der Waals surface area contributed by atoms with Crippen molar-refractivity contribution in [1.82, 2.24) is 14.9 Å².